The topological polar surface area (TPSA) is 64.2 Å². The Bertz CT molecular complexity index is 468. The largest absolute Gasteiger partial charge is 0.339 e. The molecule has 1 amide bonds. The van der Waals surface area contributed by atoms with Crippen LogP contribution in [0.1, 0.15) is 12.8 Å². The molecule has 0 N–H and O–H groups in total. The minimum atomic E-state index is -3.30. The standard InChI is InChI=1S/C14H28N4O3S/c1-15(22(2,20)21)13-14(19)18-11-9-17(10-12-18)8-7-16-5-3-4-6-16/h3-13H2,1-2H3. The Kier molecular flexibility index (Phi) is 6.19. The minimum Gasteiger partial charge on any atom is -0.339 e. The zero-order valence-electron chi connectivity index (χ0n) is 13.7. The Morgan fingerprint density at radius 2 is 1.45 bits per heavy atom. The van der Waals surface area contributed by atoms with Crippen molar-refractivity contribution in [3.05, 3.63) is 0 Å². The summed E-state index contributed by atoms with van der Waals surface area (Å²) < 4.78 is 23.8. The fourth-order valence-corrected chi connectivity index (χ4v) is 3.26. The number of rotatable bonds is 6. The van der Waals surface area contributed by atoms with E-state index in [1.807, 2.05) is 0 Å². The molecule has 2 fully saturated rings. The Morgan fingerprint density at radius 3 is 1.95 bits per heavy atom. The summed E-state index contributed by atoms with van der Waals surface area (Å²) in [4.78, 5) is 18.8. The second kappa shape index (κ2) is 7.72. The van der Waals surface area contributed by atoms with Crippen molar-refractivity contribution in [2.75, 3.05) is 72.2 Å². The van der Waals surface area contributed by atoms with E-state index < -0.39 is 10.0 Å². The van der Waals surface area contributed by atoms with Gasteiger partial charge in [0.2, 0.25) is 15.9 Å². The third kappa shape index (κ3) is 5.19. The molecule has 0 unspecified atom stereocenters. The van der Waals surface area contributed by atoms with Crippen LogP contribution in [0.3, 0.4) is 0 Å². The summed E-state index contributed by atoms with van der Waals surface area (Å²) in [6.45, 7) is 7.69. The number of sulfonamides is 1. The molecule has 0 aromatic rings. The van der Waals surface area contributed by atoms with Crippen LogP contribution in [0, 0.1) is 0 Å². The van der Waals surface area contributed by atoms with Crippen molar-refractivity contribution in [2.45, 2.75) is 12.8 Å². The van der Waals surface area contributed by atoms with Gasteiger partial charge in [-0.15, -0.1) is 0 Å². The number of amides is 1. The van der Waals surface area contributed by atoms with E-state index in [0.29, 0.717) is 13.1 Å². The van der Waals surface area contributed by atoms with Crippen LogP contribution >= 0.6 is 0 Å². The lowest BCUT2D eigenvalue weighted by molar-refractivity contribution is -0.132. The number of likely N-dealkylation sites (N-methyl/N-ethyl adjacent to an activating group) is 1. The molecule has 2 heterocycles. The average Bonchev–Trinajstić information content (AvgIpc) is 2.98. The van der Waals surface area contributed by atoms with Gasteiger partial charge in [-0.25, -0.2) is 8.42 Å². The molecule has 0 radical (unpaired) electrons. The maximum absolute atomic E-state index is 12.1. The van der Waals surface area contributed by atoms with Crippen molar-refractivity contribution in [2.24, 2.45) is 0 Å². The van der Waals surface area contributed by atoms with E-state index in [9.17, 15) is 13.2 Å². The fraction of sp³-hybridized carbons (Fsp3) is 0.929. The number of likely N-dealkylation sites (tertiary alicyclic amines) is 1. The predicted octanol–water partition coefficient (Wildman–Crippen LogP) is -0.882. The van der Waals surface area contributed by atoms with Crippen LogP contribution in [0.2, 0.25) is 0 Å². The van der Waals surface area contributed by atoms with E-state index in [-0.39, 0.29) is 12.5 Å². The van der Waals surface area contributed by atoms with Crippen molar-refractivity contribution >= 4 is 15.9 Å². The van der Waals surface area contributed by atoms with Crippen LogP contribution in [-0.4, -0.2) is 106 Å². The first kappa shape index (κ1) is 17.7. The molecule has 0 aliphatic carbocycles. The normalized spacial score (nSPS) is 21.7. The third-order valence-electron chi connectivity index (χ3n) is 4.58. The molecule has 128 valence electrons. The van der Waals surface area contributed by atoms with Gasteiger partial charge >= 0.3 is 0 Å². The first-order valence-corrected chi connectivity index (χ1v) is 9.85. The quantitative estimate of drug-likeness (QED) is 0.632. The lowest BCUT2D eigenvalue weighted by atomic mass is 10.3. The van der Waals surface area contributed by atoms with Crippen molar-refractivity contribution in [1.82, 2.24) is 19.0 Å². The Balaban J connectivity index is 1.68. The van der Waals surface area contributed by atoms with Gasteiger partial charge in [0.25, 0.3) is 0 Å². The van der Waals surface area contributed by atoms with Gasteiger partial charge in [0.15, 0.2) is 0 Å². The number of nitrogens with zero attached hydrogens (tertiary/aromatic N) is 4. The Morgan fingerprint density at radius 1 is 0.955 bits per heavy atom. The van der Waals surface area contributed by atoms with Gasteiger partial charge in [0, 0.05) is 46.3 Å². The molecule has 0 spiro atoms. The van der Waals surface area contributed by atoms with E-state index in [4.69, 9.17) is 0 Å². The van der Waals surface area contributed by atoms with E-state index in [2.05, 4.69) is 9.80 Å². The van der Waals surface area contributed by atoms with Gasteiger partial charge in [-0.3, -0.25) is 9.69 Å². The van der Waals surface area contributed by atoms with E-state index in [0.717, 1.165) is 36.7 Å². The average molecular weight is 332 g/mol. The lowest BCUT2D eigenvalue weighted by Crippen LogP contribution is -2.52. The van der Waals surface area contributed by atoms with Gasteiger partial charge < -0.3 is 9.80 Å². The summed E-state index contributed by atoms with van der Waals surface area (Å²) in [6.07, 6.45) is 3.75. The van der Waals surface area contributed by atoms with Gasteiger partial charge in [0.1, 0.15) is 0 Å². The number of carbonyl (C=O) groups excluding carboxylic acids is 1. The molecule has 0 bridgehead atoms. The van der Waals surface area contributed by atoms with E-state index in [1.54, 1.807) is 4.90 Å². The predicted molar refractivity (Wildman–Crippen MR) is 86.2 cm³/mol. The maximum atomic E-state index is 12.1. The zero-order valence-corrected chi connectivity index (χ0v) is 14.5. The van der Waals surface area contributed by atoms with Crippen molar-refractivity contribution in [3.63, 3.8) is 0 Å². The first-order valence-electron chi connectivity index (χ1n) is 8.00. The highest BCUT2D eigenvalue weighted by molar-refractivity contribution is 7.88. The molecule has 0 aromatic heterocycles. The summed E-state index contributed by atoms with van der Waals surface area (Å²) in [5, 5.41) is 0. The van der Waals surface area contributed by atoms with Crippen molar-refractivity contribution in [3.8, 4) is 0 Å². The van der Waals surface area contributed by atoms with Crippen molar-refractivity contribution < 1.29 is 13.2 Å². The molecule has 22 heavy (non-hydrogen) atoms. The van der Waals surface area contributed by atoms with Crippen LogP contribution in [0.15, 0.2) is 0 Å². The summed E-state index contributed by atoms with van der Waals surface area (Å²) in [5.41, 5.74) is 0. The fourth-order valence-electron chi connectivity index (χ4n) is 2.92. The summed E-state index contributed by atoms with van der Waals surface area (Å²) in [7, 11) is -1.85. The highest BCUT2D eigenvalue weighted by atomic mass is 32.2. The summed E-state index contributed by atoms with van der Waals surface area (Å²) in [5.74, 6) is -0.105. The van der Waals surface area contributed by atoms with Crippen LogP contribution in [0.5, 0.6) is 0 Å². The number of carbonyl (C=O) groups is 1. The van der Waals surface area contributed by atoms with Crippen molar-refractivity contribution in [1.29, 1.82) is 0 Å². The second-order valence-corrected chi connectivity index (χ2v) is 8.38. The van der Waals surface area contributed by atoms with Crippen LogP contribution in [-0.2, 0) is 14.8 Å². The van der Waals surface area contributed by atoms with Crippen LogP contribution in [0.25, 0.3) is 0 Å². The maximum Gasteiger partial charge on any atom is 0.237 e. The molecule has 2 aliphatic rings. The second-order valence-electron chi connectivity index (χ2n) is 6.29. The van der Waals surface area contributed by atoms with Gasteiger partial charge in [-0.05, 0) is 25.9 Å². The number of piperazine rings is 1. The molecule has 7 nitrogen and oxygen atoms in total. The molecule has 8 heteroatoms. The molecule has 0 atom stereocenters. The molecular formula is C14H28N4O3S. The highest BCUT2D eigenvalue weighted by Gasteiger charge is 2.24. The first-order chi connectivity index (χ1) is 10.4. The van der Waals surface area contributed by atoms with E-state index in [1.165, 1.54) is 33.0 Å². The van der Waals surface area contributed by atoms with Gasteiger partial charge in [0.05, 0.1) is 12.8 Å². The van der Waals surface area contributed by atoms with Crippen LogP contribution < -0.4 is 0 Å². The number of hydrogen-bond acceptors (Lipinski definition) is 5. The third-order valence-corrected chi connectivity index (χ3v) is 5.84. The smallest absolute Gasteiger partial charge is 0.237 e. The monoisotopic (exact) mass is 332 g/mol. The molecular weight excluding hydrogens is 304 g/mol. The lowest BCUT2D eigenvalue weighted by Gasteiger charge is -2.36. The SMILES string of the molecule is CN(CC(=O)N1CCN(CCN2CCCC2)CC1)S(C)(=O)=O. The number of hydrogen-bond donors (Lipinski definition) is 0. The van der Waals surface area contributed by atoms with Gasteiger partial charge in [-0.1, -0.05) is 0 Å². The van der Waals surface area contributed by atoms with E-state index >= 15 is 0 Å². The Labute approximate surface area is 133 Å². The summed E-state index contributed by atoms with van der Waals surface area (Å²) >= 11 is 0. The Hall–Kier alpha value is -0.700. The molecule has 0 saturated carbocycles. The summed E-state index contributed by atoms with van der Waals surface area (Å²) in [6, 6.07) is 0. The van der Waals surface area contributed by atoms with Gasteiger partial charge in [-0.2, -0.15) is 4.31 Å². The molecule has 2 saturated heterocycles. The van der Waals surface area contributed by atoms with Crippen LogP contribution in [0.4, 0.5) is 0 Å². The molecule has 0 aromatic carbocycles. The zero-order chi connectivity index (χ0) is 16.2. The molecule has 2 aliphatic heterocycles. The minimum absolute atomic E-state index is 0.0629. The highest BCUT2D eigenvalue weighted by Crippen LogP contribution is 2.08. The molecule has 2 rings (SSSR count).